The first-order valence-electron chi connectivity index (χ1n) is 12.0. The minimum absolute atomic E-state index is 0.0944. The van der Waals surface area contributed by atoms with Crippen LogP contribution in [-0.2, 0) is 34.3 Å². The van der Waals surface area contributed by atoms with Gasteiger partial charge in [0.15, 0.2) is 16.2 Å². The molecule has 2 unspecified atom stereocenters. The van der Waals surface area contributed by atoms with E-state index in [1.807, 2.05) is 48.8 Å². The lowest BCUT2D eigenvalue weighted by Gasteiger charge is -2.42. The van der Waals surface area contributed by atoms with Gasteiger partial charge >= 0.3 is 5.97 Å². The highest BCUT2D eigenvalue weighted by Gasteiger charge is 2.52. The van der Waals surface area contributed by atoms with Gasteiger partial charge in [-0.3, -0.25) is 9.59 Å². The highest BCUT2D eigenvalue weighted by Crippen LogP contribution is 2.46. The first-order valence-corrected chi connectivity index (χ1v) is 13.3. The fourth-order valence-electron chi connectivity index (χ4n) is 5.14. The Kier molecular flexibility index (Phi) is 8.08. The number of Topliss-reactive ketones (excluding diaryl/α,β-unsaturated/α-hetero) is 1. The molecule has 2 aliphatic rings. The maximum Gasteiger partial charge on any atom is 0.327 e. The zero-order valence-corrected chi connectivity index (χ0v) is 22.3. The van der Waals surface area contributed by atoms with Crippen LogP contribution >= 0.6 is 23.4 Å². The zero-order chi connectivity index (χ0) is 25.2. The number of aromatic nitrogens is 3. The van der Waals surface area contributed by atoms with Crippen LogP contribution in [0.5, 0.6) is 5.75 Å². The van der Waals surface area contributed by atoms with E-state index in [4.69, 9.17) is 21.1 Å². The van der Waals surface area contributed by atoms with Gasteiger partial charge in [0.1, 0.15) is 17.2 Å². The number of esters is 1. The maximum absolute atomic E-state index is 13.4. The number of ether oxygens (including phenoxy) is 2. The van der Waals surface area contributed by atoms with Gasteiger partial charge in [0, 0.05) is 13.5 Å². The van der Waals surface area contributed by atoms with E-state index in [0.717, 1.165) is 48.8 Å². The van der Waals surface area contributed by atoms with Crippen molar-refractivity contribution in [2.24, 2.45) is 13.0 Å². The summed E-state index contributed by atoms with van der Waals surface area (Å²) in [6, 6.07) is 5.70. The molecule has 2 fully saturated rings. The van der Waals surface area contributed by atoms with E-state index < -0.39 is 16.8 Å². The summed E-state index contributed by atoms with van der Waals surface area (Å²) < 4.78 is 13.3. The van der Waals surface area contributed by atoms with Gasteiger partial charge in [-0.15, -0.1) is 10.2 Å². The topological polar surface area (TPSA) is 86.5 Å². The molecule has 2 atom stereocenters. The quantitative estimate of drug-likeness (QED) is 0.361. The molecule has 35 heavy (non-hydrogen) atoms. The molecule has 190 valence electrons. The van der Waals surface area contributed by atoms with Gasteiger partial charge in [0.2, 0.25) is 0 Å². The molecule has 0 radical (unpaired) electrons. The van der Waals surface area contributed by atoms with E-state index in [1.54, 1.807) is 7.11 Å². The summed E-state index contributed by atoms with van der Waals surface area (Å²) in [5.41, 5.74) is 0.255. The minimum Gasteiger partial charge on any atom is -0.495 e. The molecular weight excluding hydrogens is 488 g/mol. The van der Waals surface area contributed by atoms with E-state index in [9.17, 15) is 9.59 Å². The molecule has 1 aromatic heterocycles. The number of nitrogens with zero attached hydrogens (tertiary/aromatic N) is 4. The number of carbonyl (C=O) groups is 2. The second-order valence-electron chi connectivity index (χ2n) is 9.77. The Labute approximate surface area is 215 Å². The first-order chi connectivity index (χ1) is 16.7. The number of halogens is 1. The van der Waals surface area contributed by atoms with Crippen molar-refractivity contribution in [3.05, 3.63) is 34.6 Å². The predicted molar refractivity (Wildman–Crippen MR) is 135 cm³/mol. The predicted octanol–water partition coefficient (Wildman–Crippen LogP) is 4.08. The summed E-state index contributed by atoms with van der Waals surface area (Å²) in [7, 11) is 7.34. The monoisotopic (exact) mass is 520 g/mol. The standard InChI is InChI=1S/C25H33ClN4O4S/c1-29(2)15-21-27-28-24(30(21)3)35-22-19(31)14-25(34-23(22)32,17-7-5-6-8-17)12-11-16-9-10-20(33-4)18(26)13-16/h9-10,13,17,22H,5-8,11-12,14-15H2,1-4H3. The van der Waals surface area contributed by atoms with Crippen molar-refractivity contribution in [3.8, 4) is 5.75 Å². The van der Waals surface area contributed by atoms with Crippen molar-refractivity contribution in [2.45, 2.75) is 67.5 Å². The molecule has 2 aromatic rings. The highest BCUT2D eigenvalue weighted by atomic mass is 35.5. The lowest BCUT2D eigenvalue weighted by Crippen LogP contribution is -2.53. The van der Waals surface area contributed by atoms with E-state index in [1.165, 1.54) is 0 Å². The van der Waals surface area contributed by atoms with Gasteiger partial charge in [-0.2, -0.15) is 0 Å². The van der Waals surface area contributed by atoms with Crippen LogP contribution in [-0.4, -0.2) is 63.5 Å². The number of benzene rings is 1. The number of carbonyl (C=O) groups excluding carboxylic acids is 2. The SMILES string of the molecule is COc1ccc(CCC2(C3CCCC3)CC(=O)C(Sc3nnc(CN(C)C)n3C)C(=O)O2)cc1Cl. The summed E-state index contributed by atoms with van der Waals surface area (Å²) in [5, 5.41) is 8.59. The lowest BCUT2D eigenvalue weighted by molar-refractivity contribution is -0.177. The van der Waals surface area contributed by atoms with Crippen molar-refractivity contribution in [2.75, 3.05) is 21.2 Å². The Morgan fingerprint density at radius 3 is 2.63 bits per heavy atom. The molecule has 10 heteroatoms. The molecule has 1 aromatic carbocycles. The molecule has 1 aliphatic heterocycles. The molecule has 1 saturated carbocycles. The Morgan fingerprint density at radius 1 is 1.26 bits per heavy atom. The van der Waals surface area contributed by atoms with Crippen LogP contribution in [0.1, 0.15) is 49.9 Å². The molecule has 0 amide bonds. The van der Waals surface area contributed by atoms with Crippen LogP contribution in [0.2, 0.25) is 5.02 Å². The number of methoxy groups -OCH3 is 1. The Balaban J connectivity index is 1.50. The fraction of sp³-hybridized carbons (Fsp3) is 0.600. The van der Waals surface area contributed by atoms with E-state index in [0.29, 0.717) is 35.3 Å². The van der Waals surface area contributed by atoms with Gasteiger partial charge in [0.25, 0.3) is 0 Å². The van der Waals surface area contributed by atoms with Crippen molar-refractivity contribution in [1.29, 1.82) is 0 Å². The Hall–Kier alpha value is -2.10. The largest absolute Gasteiger partial charge is 0.495 e. The van der Waals surface area contributed by atoms with Gasteiger partial charge in [-0.05, 0) is 63.4 Å². The highest BCUT2D eigenvalue weighted by molar-refractivity contribution is 8.01. The molecule has 1 saturated heterocycles. The van der Waals surface area contributed by atoms with Crippen molar-refractivity contribution in [3.63, 3.8) is 0 Å². The number of ketones is 1. The molecule has 0 bridgehead atoms. The van der Waals surface area contributed by atoms with Gasteiger partial charge in [-0.25, -0.2) is 0 Å². The Morgan fingerprint density at radius 2 is 2.00 bits per heavy atom. The molecule has 0 spiro atoms. The average Bonchev–Trinajstić information content (AvgIpc) is 3.46. The van der Waals surface area contributed by atoms with Gasteiger partial charge < -0.3 is 18.9 Å². The molecule has 4 rings (SSSR count). The number of rotatable bonds is 9. The van der Waals surface area contributed by atoms with Crippen LogP contribution in [0.15, 0.2) is 23.4 Å². The summed E-state index contributed by atoms with van der Waals surface area (Å²) >= 11 is 7.45. The van der Waals surface area contributed by atoms with Gasteiger partial charge in [0.05, 0.1) is 18.7 Å². The molecule has 8 nitrogen and oxygen atoms in total. The van der Waals surface area contributed by atoms with Crippen molar-refractivity contribution < 1.29 is 19.1 Å². The second kappa shape index (κ2) is 10.9. The van der Waals surface area contributed by atoms with Crippen LogP contribution in [0.25, 0.3) is 0 Å². The summed E-state index contributed by atoms with van der Waals surface area (Å²) in [5.74, 6) is 1.02. The van der Waals surface area contributed by atoms with Crippen LogP contribution < -0.4 is 4.74 Å². The fourth-order valence-corrected chi connectivity index (χ4v) is 6.34. The molecular formula is C25H33ClN4O4S. The van der Waals surface area contributed by atoms with Crippen LogP contribution in [0.3, 0.4) is 0 Å². The number of cyclic esters (lactones) is 1. The third-order valence-corrected chi connectivity index (χ3v) is 8.59. The maximum atomic E-state index is 13.4. The van der Waals surface area contributed by atoms with Crippen LogP contribution in [0, 0.1) is 5.92 Å². The molecule has 1 aliphatic carbocycles. The van der Waals surface area contributed by atoms with E-state index in [2.05, 4.69) is 10.2 Å². The minimum atomic E-state index is -0.921. The number of hydrogen-bond acceptors (Lipinski definition) is 8. The summed E-state index contributed by atoms with van der Waals surface area (Å²) in [6.07, 6.45) is 5.61. The third kappa shape index (κ3) is 5.67. The Bertz CT molecular complexity index is 1070. The first kappa shape index (κ1) is 26.0. The van der Waals surface area contributed by atoms with Crippen molar-refractivity contribution >= 4 is 35.1 Å². The summed E-state index contributed by atoms with van der Waals surface area (Å²) in [4.78, 5) is 28.7. The number of thioether (sulfide) groups is 1. The van der Waals surface area contributed by atoms with E-state index >= 15 is 0 Å². The average molecular weight is 521 g/mol. The van der Waals surface area contributed by atoms with Crippen molar-refractivity contribution in [1.82, 2.24) is 19.7 Å². The zero-order valence-electron chi connectivity index (χ0n) is 20.8. The number of aryl methyl sites for hydroxylation is 1. The molecule has 0 N–H and O–H groups in total. The van der Waals surface area contributed by atoms with Crippen LogP contribution in [0.4, 0.5) is 0 Å². The van der Waals surface area contributed by atoms with Gasteiger partial charge in [-0.1, -0.05) is 42.3 Å². The second-order valence-corrected chi connectivity index (χ2v) is 11.3. The smallest absolute Gasteiger partial charge is 0.327 e. The lowest BCUT2D eigenvalue weighted by atomic mass is 9.76. The van der Waals surface area contributed by atoms with E-state index in [-0.39, 0.29) is 18.1 Å². The normalized spacial score (nSPS) is 23.2. The summed E-state index contributed by atoms with van der Waals surface area (Å²) in [6.45, 7) is 0.618. The third-order valence-electron chi connectivity index (χ3n) is 7.04. The number of hydrogen-bond donors (Lipinski definition) is 0. The molecule has 2 heterocycles.